The first-order valence-corrected chi connectivity index (χ1v) is 20.3. The number of imide groups is 2. The number of halogens is 1. The molecule has 6 heterocycles. The average Bonchev–Trinajstić information content (AvgIpc) is 3.65. The Morgan fingerprint density at radius 1 is 0.825 bits per heavy atom. The quantitative estimate of drug-likeness (QED) is 0.363. The van der Waals surface area contributed by atoms with E-state index in [1.54, 1.807) is 12.1 Å². The molecular weight excluding hydrogens is 744 g/mol. The summed E-state index contributed by atoms with van der Waals surface area (Å²) in [6.45, 7) is 9.61. The van der Waals surface area contributed by atoms with Crippen molar-refractivity contribution in [3.8, 4) is 6.07 Å². The highest BCUT2D eigenvalue weighted by Gasteiger charge is 2.46. The summed E-state index contributed by atoms with van der Waals surface area (Å²) >= 11 is 6.37. The zero-order chi connectivity index (χ0) is 39.6. The van der Waals surface area contributed by atoms with Crippen molar-refractivity contribution in [3.63, 3.8) is 0 Å². The van der Waals surface area contributed by atoms with Crippen molar-refractivity contribution in [1.29, 1.82) is 5.26 Å². The van der Waals surface area contributed by atoms with Crippen molar-refractivity contribution in [2.75, 3.05) is 73.6 Å². The number of benzene rings is 3. The number of anilines is 3. The third kappa shape index (κ3) is 6.68. The Kier molecular flexibility index (Phi) is 9.44. The van der Waals surface area contributed by atoms with E-state index in [2.05, 4.69) is 50.0 Å². The molecule has 0 aromatic heterocycles. The molecule has 57 heavy (non-hydrogen) atoms. The van der Waals surface area contributed by atoms with E-state index in [1.165, 1.54) is 0 Å². The van der Waals surface area contributed by atoms with Gasteiger partial charge < -0.3 is 19.6 Å². The maximum absolute atomic E-state index is 13.6. The minimum atomic E-state index is -0.983. The van der Waals surface area contributed by atoms with Crippen LogP contribution >= 0.6 is 11.6 Å². The third-order valence-electron chi connectivity index (χ3n) is 13.2. The van der Waals surface area contributed by atoms with Crippen LogP contribution in [0.3, 0.4) is 0 Å². The van der Waals surface area contributed by atoms with Crippen molar-refractivity contribution < 1.29 is 24.0 Å². The molecule has 0 saturated carbocycles. The lowest BCUT2D eigenvalue weighted by Crippen LogP contribution is -2.63. The van der Waals surface area contributed by atoms with Crippen LogP contribution in [-0.2, 0) is 9.59 Å². The predicted molar refractivity (Wildman–Crippen MR) is 215 cm³/mol. The summed E-state index contributed by atoms with van der Waals surface area (Å²) in [5.41, 5.74) is 5.10. The summed E-state index contributed by atoms with van der Waals surface area (Å²) in [5.74, 6) is -1.96. The van der Waals surface area contributed by atoms with Crippen LogP contribution in [0.5, 0.6) is 0 Å². The smallest absolute Gasteiger partial charge is 0.262 e. The fourth-order valence-corrected chi connectivity index (χ4v) is 10.1. The maximum Gasteiger partial charge on any atom is 0.262 e. The van der Waals surface area contributed by atoms with Crippen LogP contribution in [0, 0.1) is 16.7 Å². The zero-order valence-electron chi connectivity index (χ0n) is 32.0. The van der Waals surface area contributed by atoms with Crippen molar-refractivity contribution in [3.05, 3.63) is 87.9 Å². The molecule has 0 bridgehead atoms. The molecule has 1 N–H and O–H groups in total. The van der Waals surface area contributed by atoms with Crippen LogP contribution in [0.25, 0.3) is 0 Å². The summed E-state index contributed by atoms with van der Waals surface area (Å²) < 4.78 is 0. The molecule has 2 unspecified atom stereocenters. The van der Waals surface area contributed by atoms with Crippen molar-refractivity contribution in [2.24, 2.45) is 5.41 Å². The van der Waals surface area contributed by atoms with Crippen LogP contribution in [0.4, 0.5) is 17.1 Å². The summed E-state index contributed by atoms with van der Waals surface area (Å²) in [4.78, 5) is 76.4. The molecule has 14 heteroatoms. The van der Waals surface area contributed by atoms with Crippen LogP contribution in [0.15, 0.2) is 60.7 Å². The number of nitrogens with zero attached hydrogens (tertiary/aromatic N) is 7. The van der Waals surface area contributed by atoms with Gasteiger partial charge in [-0.1, -0.05) is 11.6 Å². The average molecular weight is 789 g/mol. The highest BCUT2D eigenvalue weighted by Crippen LogP contribution is 2.46. The van der Waals surface area contributed by atoms with Gasteiger partial charge in [-0.2, -0.15) is 5.26 Å². The lowest BCUT2D eigenvalue weighted by molar-refractivity contribution is -0.136. The van der Waals surface area contributed by atoms with Crippen LogP contribution < -0.4 is 20.0 Å². The Labute approximate surface area is 336 Å². The fourth-order valence-electron chi connectivity index (χ4n) is 9.88. The number of rotatable bonds is 6. The number of nitrogens with one attached hydrogen (secondary N) is 1. The second-order valence-electron chi connectivity index (χ2n) is 16.6. The van der Waals surface area contributed by atoms with Crippen LogP contribution in [0.1, 0.15) is 75.7 Å². The molecule has 9 rings (SSSR count). The highest BCUT2D eigenvalue weighted by molar-refractivity contribution is 6.32. The molecule has 6 aliphatic heterocycles. The summed E-state index contributed by atoms with van der Waals surface area (Å²) in [6, 6.07) is 21.0. The van der Waals surface area contributed by atoms with Gasteiger partial charge in [0, 0.05) is 100 Å². The summed E-state index contributed by atoms with van der Waals surface area (Å²) in [6.07, 6.45) is 3.54. The molecule has 2 atom stereocenters. The Morgan fingerprint density at radius 2 is 1.51 bits per heavy atom. The van der Waals surface area contributed by atoms with Gasteiger partial charge in [0.2, 0.25) is 11.8 Å². The molecule has 3 aromatic rings. The minimum Gasteiger partial charge on any atom is -0.371 e. The first kappa shape index (κ1) is 37.1. The van der Waals surface area contributed by atoms with E-state index in [9.17, 15) is 29.2 Å². The monoisotopic (exact) mass is 788 g/mol. The van der Waals surface area contributed by atoms with E-state index >= 15 is 0 Å². The minimum absolute atomic E-state index is 0.0562. The van der Waals surface area contributed by atoms with Crippen LogP contribution in [0.2, 0.25) is 5.02 Å². The van der Waals surface area contributed by atoms with E-state index in [-0.39, 0.29) is 35.3 Å². The van der Waals surface area contributed by atoms with Gasteiger partial charge in [0.15, 0.2) is 0 Å². The first-order valence-electron chi connectivity index (χ1n) is 20.0. The SMILES string of the molecule is CC1CC2(CCN(c3ccc(C(=O)N4CCN(C5CN(c6ccc7c(c6)C(=O)N(C6CCC(=O)NC6=O)C7=O)C5)CC4)cc3)CC2)CN1c1ccc(C#N)c(Cl)c1. The van der Waals surface area contributed by atoms with E-state index in [1.807, 2.05) is 41.3 Å². The molecule has 0 aliphatic carbocycles. The van der Waals surface area contributed by atoms with Crippen LogP contribution in [-0.4, -0.2) is 121 Å². The molecule has 5 saturated heterocycles. The van der Waals surface area contributed by atoms with E-state index in [0.29, 0.717) is 41.3 Å². The largest absolute Gasteiger partial charge is 0.371 e. The number of hydrogen-bond acceptors (Lipinski definition) is 10. The predicted octanol–water partition coefficient (Wildman–Crippen LogP) is 4.14. The lowest BCUT2D eigenvalue weighted by atomic mass is 9.76. The number of amides is 5. The van der Waals surface area contributed by atoms with Crippen molar-refractivity contribution >= 4 is 58.2 Å². The number of carbonyl (C=O) groups is 5. The zero-order valence-corrected chi connectivity index (χ0v) is 32.7. The second-order valence-corrected chi connectivity index (χ2v) is 17.0. The number of nitriles is 1. The first-order chi connectivity index (χ1) is 27.5. The Morgan fingerprint density at radius 3 is 2.19 bits per heavy atom. The number of piperazine rings is 1. The molecule has 3 aromatic carbocycles. The molecule has 1 spiro atoms. The molecule has 5 amide bonds. The molecule has 13 nitrogen and oxygen atoms in total. The van der Waals surface area contributed by atoms with Crippen molar-refractivity contribution in [2.45, 2.75) is 57.2 Å². The van der Waals surface area contributed by atoms with E-state index in [0.717, 1.165) is 87.0 Å². The molecule has 0 radical (unpaired) electrons. The van der Waals surface area contributed by atoms with Gasteiger partial charge >= 0.3 is 0 Å². The van der Waals surface area contributed by atoms with Gasteiger partial charge in [0.25, 0.3) is 17.7 Å². The second kappa shape index (κ2) is 14.5. The lowest BCUT2D eigenvalue weighted by Gasteiger charge is -2.49. The summed E-state index contributed by atoms with van der Waals surface area (Å²) in [7, 11) is 0. The van der Waals surface area contributed by atoms with Gasteiger partial charge in [-0.3, -0.25) is 39.1 Å². The third-order valence-corrected chi connectivity index (χ3v) is 13.6. The van der Waals surface area contributed by atoms with Gasteiger partial charge in [-0.05, 0) is 98.7 Å². The molecular formula is C43H45ClN8O5. The number of hydrogen-bond donors (Lipinski definition) is 1. The van der Waals surface area contributed by atoms with E-state index in [4.69, 9.17) is 11.6 Å². The number of piperidine rings is 2. The van der Waals surface area contributed by atoms with Gasteiger partial charge in [-0.15, -0.1) is 0 Å². The Hall–Kier alpha value is -5.45. The fraction of sp³-hybridized carbons (Fsp3) is 0.442. The van der Waals surface area contributed by atoms with Gasteiger partial charge in [-0.25, -0.2) is 0 Å². The molecule has 5 fully saturated rings. The Balaban J connectivity index is 0.741. The Bertz CT molecular complexity index is 2200. The molecule has 294 valence electrons. The standard InChI is InChI=1S/C43H45ClN8O5/c1-27-22-43(26-51(27)32-7-4-29(23-45)36(44)21-32)12-14-47(15-13-43)30-5-2-28(3-6-30)40(55)49-18-16-48(17-19-49)33-24-50(25-33)31-8-9-34-35(20-31)42(57)52(41(34)56)37-10-11-38(53)46-39(37)54/h2-9,20-21,27,33,37H,10-19,22,24-26H2,1H3,(H,46,53,54). The number of fused-ring (bicyclic) bond motifs is 1. The topological polar surface area (TPSA) is 141 Å². The van der Waals surface area contributed by atoms with Gasteiger partial charge in [0.1, 0.15) is 12.1 Å². The number of carbonyl (C=O) groups excluding carboxylic acids is 5. The van der Waals surface area contributed by atoms with E-state index < -0.39 is 29.7 Å². The van der Waals surface area contributed by atoms with Gasteiger partial charge in [0.05, 0.1) is 21.7 Å². The van der Waals surface area contributed by atoms with Crippen molar-refractivity contribution in [1.82, 2.24) is 20.0 Å². The maximum atomic E-state index is 13.6. The normalized spacial score (nSPS) is 23.8. The summed E-state index contributed by atoms with van der Waals surface area (Å²) in [5, 5.41) is 12.0. The molecule has 6 aliphatic rings. The highest BCUT2D eigenvalue weighted by atomic mass is 35.5.